The summed E-state index contributed by atoms with van der Waals surface area (Å²) in [6, 6.07) is 0. The summed E-state index contributed by atoms with van der Waals surface area (Å²) in [5.74, 6) is 3.70. The molecule has 0 spiro atoms. The molecule has 134 valence electrons. The first-order chi connectivity index (χ1) is 11.5. The van der Waals surface area contributed by atoms with Gasteiger partial charge in [-0.2, -0.15) is 0 Å². The summed E-state index contributed by atoms with van der Waals surface area (Å²) in [6.45, 7) is 9.12. The maximum absolute atomic E-state index is 10.1. The van der Waals surface area contributed by atoms with Crippen LogP contribution in [0.4, 0.5) is 0 Å². The van der Waals surface area contributed by atoms with E-state index in [1.54, 1.807) is 5.57 Å². The zero-order valence-corrected chi connectivity index (χ0v) is 15.8. The molecule has 3 saturated carbocycles. The molecule has 1 heteroatoms. The lowest BCUT2D eigenvalue weighted by molar-refractivity contribution is -0.0559. The van der Waals surface area contributed by atoms with E-state index >= 15 is 0 Å². The van der Waals surface area contributed by atoms with Gasteiger partial charge in [0.1, 0.15) is 0 Å². The Labute approximate surface area is 148 Å². The van der Waals surface area contributed by atoms with Crippen molar-refractivity contribution >= 4 is 0 Å². The lowest BCUT2D eigenvalue weighted by Crippen LogP contribution is -2.50. The summed E-state index contributed by atoms with van der Waals surface area (Å²) >= 11 is 0. The van der Waals surface area contributed by atoms with Crippen molar-refractivity contribution < 1.29 is 5.11 Å². The summed E-state index contributed by atoms with van der Waals surface area (Å²) in [5, 5.41) is 10.1. The molecule has 0 saturated heterocycles. The Morgan fingerprint density at radius 2 is 1.96 bits per heavy atom. The fraction of sp³-hybridized carbons (Fsp3) is 0.826. The van der Waals surface area contributed by atoms with Crippen LogP contribution in [-0.2, 0) is 0 Å². The van der Waals surface area contributed by atoms with Crippen LogP contribution in [-0.4, -0.2) is 11.2 Å². The molecule has 0 aromatic rings. The molecule has 0 radical (unpaired) electrons. The Bertz CT molecular complexity index is 534. The van der Waals surface area contributed by atoms with Crippen molar-refractivity contribution in [3.63, 3.8) is 0 Å². The minimum Gasteiger partial charge on any atom is -0.389 e. The van der Waals surface area contributed by atoms with Gasteiger partial charge in [-0.3, -0.25) is 0 Å². The highest BCUT2D eigenvalue weighted by Crippen LogP contribution is 2.67. The Balaban J connectivity index is 1.59. The van der Waals surface area contributed by atoms with Crippen LogP contribution in [0.1, 0.15) is 78.1 Å². The van der Waals surface area contributed by atoms with E-state index in [0.717, 1.165) is 30.1 Å². The van der Waals surface area contributed by atoms with Crippen molar-refractivity contribution in [1.29, 1.82) is 0 Å². The normalized spacial score (nSPS) is 50.5. The third-order valence-corrected chi connectivity index (χ3v) is 9.00. The number of aliphatic hydroxyl groups excluding tert-OH is 1. The van der Waals surface area contributed by atoms with Gasteiger partial charge in [-0.1, -0.05) is 31.6 Å². The predicted molar refractivity (Wildman–Crippen MR) is 101 cm³/mol. The summed E-state index contributed by atoms with van der Waals surface area (Å²) in [5.41, 5.74) is 2.59. The van der Waals surface area contributed by atoms with E-state index in [-0.39, 0.29) is 6.10 Å². The standard InChI is InChI=1S/C23H36O/c1-4-5-6-16-8-10-20-19-9-7-17-15-18(24)11-13-23(17,3)21(19)12-14-22(16,20)2/h4,15-16,18-21,24H,1,5-14H2,2-3H3/t16-,18?,19-,20-,21-,22+,23-/m0/s1. The molecule has 1 nitrogen and oxygen atoms in total. The minimum absolute atomic E-state index is 0.173. The Morgan fingerprint density at radius 3 is 2.75 bits per heavy atom. The van der Waals surface area contributed by atoms with E-state index in [4.69, 9.17) is 0 Å². The van der Waals surface area contributed by atoms with Crippen molar-refractivity contribution in [2.45, 2.75) is 84.2 Å². The van der Waals surface area contributed by atoms with E-state index in [1.807, 2.05) is 0 Å². The van der Waals surface area contributed by atoms with Gasteiger partial charge in [-0.05, 0) is 98.7 Å². The van der Waals surface area contributed by atoms with Crippen LogP contribution < -0.4 is 0 Å². The van der Waals surface area contributed by atoms with Gasteiger partial charge in [0.2, 0.25) is 0 Å². The fourth-order valence-corrected chi connectivity index (χ4v) is 7.61. The van der Waals surface area contributed by atoms with Crippen LogP contribution in [0, 0.1) is 34.5 Å². The second kappa shape index (κ2) is 6.01. The minimum atomic E-state index is -0.173. The van der Waals surface area contributed by atoms with Crippen LogP contribution in [0.2, 0.25) is 0 Å². The molecule has 1 unspecified atom stereocenters. The highest BCUT2D eigenvalue weighted by Gasteiger charge is 2.58. The van der Waals surface area contributed by atoms with Crippen molar-refractivity contribution in [3.05, 3.63) is 24.3 Å². The largest absolute Gasteiger partial charge is 0.389 e. The molecule has 1 N–H and O–H groups in total. The summed E-state index contributed by atoms with van der Waals surface area (Å²) in [6.07, 6.45) is 17.3. The first kappa shape index (κ1) is 16.9. The van der Waals surface area contributed by atoms with Crippen LogP contribution in [0.5, 0.6) is 0 Å². The lowest BCUT2D eigenvalue weighted by atomic mass is 9.46. The summed E-state index contributed by atoms with van der Waals surface area (Å²) in [4.78, 5) is 0. The zero-order valence-electron chi connectivity index (χ0n) is 15.8. The fourth-order valence-electron chi connectivity index (χ4n) is 7.61. The van der Waals surface area contributed by atoms with Gasteiger partial charge in [0.25, 0.3) is 0 Å². The molecule has 4 aliphatic rings. The highest BCUT2D eigenvalue weighted by molar-refractivity contribution is 5.25. The van der Waals surface area contributed by atoms with Gasteiger partial charge >= 0.3 is 0 Å². The Morgan fingerprint density at radius 1 is 1.12 bits per heavy atom. The number of fused-ring (bicyclic) bond motifs is 5. The highest BCUT2D eigenvalue weighted by atomic mass is 16.3. The zero-order chi connectivity index (χ0) is 16.9. The average Bonchev–Trinajstić information content (AvgIpc) is 2.90. The molecule has 0 amide bonds. The van der Waals surface area contributed by atoms with Gasteiger partial charge in [0.05, 0.1) is 6.10 Å². The molecule has 3 fully saturated rings. The van der Waals surface area contributed by atoms with Crippen LogP contribution in [0.3, 0.4) is 0 Å². The Hall–Kier alpha value is -0.560. The maximum Gasteiger partial charge on any atom is 0.0724 e. The van der Waals surface area contributed by atoms with Gasteiger partial charge in [0.15, 0.2) is 0 Å². The molecule has 0 aromatic carbocycles. The number of hydrogen-bond donors (Lipinski definition) is 1. The number of rotatable bonds is 3. The van der Waals surface area contributed by atoms with Crippen molar-refractivity contribution in [2.75, 3.05) is 0 Å². The number of aliphatic hydroxyl groups is 1. The second-order valence-corrected chi connectivity index (χ2v) is 9.82. The molecular weight excluding hydrogens is 292 g/mol. The molecular formula is C23H36O. The molecule has 0 aromatic heterocycles. The first-order valence-corrected chi connectivity index (χ1v) is 10.5. The van der Waals surface area contributed by atoms with E-state index in [0.29, 0.717) is 10.8 Å². The SMILES string of the molecule is C=CCC[C@H]1CC[C@H]2[C@@H]3CCC4=CC(O)CC[C@]4(C)[C@H]3CC[C@]12C. The molecule has 0 bridgehead atoms. The maximum atomic E-state index is 10.1. The quantitative estimate of drug-likeness (QED) is 0.640. The monoisotopic (exact) mass is 328 g/mol. The molecule has 4 rings (SSSR count). The van der Waals surface area contributed by atoms with Gasteiger partial charge in [-0.25, -0.2) is 0 Å². The van der Waals surface area contributed by atoms with Crippen LogP contribution in [0.15, 0.2) is 24.3 Å². The molecule has 0 heterocycles. The van der Waals surface area contributed by atoms with Gasteiger partial charge in [0, 0.05) is 0 Å². The van der Waals surface area contributed by atoms with Gasteiger partial charge < -0.3 is 5.11 Å². The lowest BCUT2D eigenvalue weighted by Gasteiger charge is -2.58. The first-order valence-electron chi connectivity index (χ1n) is 10.5. The molecule has 4 aliphatic carbocycles. The third kappa shape index (κ3) is 2.37. The van der Waals surface area contributed by atoms with E-state index < -0.39 is 0 Å². The van der Waals surface area contributed by atoms with Crippen LogP contribution in [0.25, 0.3) is 0 Å². The molecule has 24 heavy (non-hydrogen) atoms. The molecule has 0 aliphatic heterocycles. The summed E-state index contributed by atoms with van der Waals surface area (Å²) in [7, 11) is 0. The topological polar surface area (TPSA) is 20.2 Å². The second-order valence-electron chi connectivity index (χ2n) is 9.82. The third-order valence-electron chi connectivity index (χ3n) is 9.00. The van der Waals surface area contributed by atoms with Crippen LogP contribution >= 0.6 is 0 Å². The van der Waals surface area contributed by atoms with Gasteiger partial charge in [-0.15, -0.1) is 6.58 Å². The van der Waals surface area contributed by atoms with Crippen molar-refractivity contribution in [1.82, 2.24) is 0 Å². The summed E-state index contributed by atoms with van der Waals surface area (Å²) < 4.78 is 0. The van der Waals surface area contributed by atoms with E-state index in [2.05, 4.69) is 32.6 Å². The number of allylic oxidation sites excluding steroid dienone is 2. The van der Waals surface area contributed by atoms with Crippen molar-refractivity contribution in [3.8, 4) is 0 Å². The predicted octanol–water partition coefficient (Wildman–Crippen LogP) is 5.89. The van der Waals surface area contributed by atoms with Crippen molar-refractivity contribution in [2.24, 2.45) is 34.5 Å². The average molecular weight is 329 g/mol. The number of hydrogen-bond acceptors (Lipinski definition) is 1. The van der Waals surface area contributed by atoms with E-state index in [1.165, 1.54) is 57.8 Å². The van der Waals surface area contributed by atoms with E-state index in [9.17, 15) is 5.11 Å². The molecule has 7 atom stereocenters. The Kier molecular flexibility index (Phi) is 4.23. The smallest absolute Gasteiger partial charge is 0.0724 e.